The molecule has 0 aromatic rings. The maximum Gasteiger partial charge on any atom is 0.222 e. The SMILES string of the molecule is CCCC(=O)N1CC2CC1CN2C. The highest BCUT2D eigenvalue weighted by molar-refractivity contribution is 5.77. The third-order valence-corrected chi connectivity index (χ3v) is 3.30. The predicted molar refractivity (Wildman–Crippen MR) is 51.4 cm³/mol. The second-order valence-corrected chi connectivity index (χ2v) is 4.28. The molecule has 13 heavy (non-hydrogen) atoms. The van der Waals surface area contributed by atoms with Gasteiger partial charge in [0.1, 0.15) is 0 Å². The van der Waals surface area contributed by atoms with E-state index in [1.54, 1.807) is 0 Å². The van der Waals surface area contributed by atoms with Crippen LogP contribution in [0.15, 0.2) is 0 Å². The summed E-state index contributed by atoms with van der Waals surface area (Å²) in [6.45, 7) is 4.12. The van der Waals surface area contributed by atoms with E-state index >= 15 is 0 Å². The fourth-order valence-corrected chi connectivity index (χ4v) is 2.53. The van der Waals surface area contributed by atoms with Crippen LogP contribution in [0.5, 0.6) is 0 Å². The molecule has 2 atom stereocenters. The van der Waals surface area contributed by atoms with E-state index in [0.717, 1.165) is 25.9 Å². The maximum absolute atomic E-state index is 11.6. The van der Waals surface area contributed by atoms with Crippen molar-refractivity contribution < 1.29 is 4.79 Å². The zero-order valence-electron chi connectivity index (χ0n) is 8.49. The van der Waals surface area contributed by atoms with E-state index in [1.165, 1.54) is 6.42 Å². The van der Waals surface area contributed by atoms with Gasteiger partial charge in [0.25, 0.3) is 0 Å². The Balaban J connectivity index is 1.95. The summed E-state index contributed by atoms with van der Waals surface area (Å²) in [5.41, 5.74) is 0. The summed E-state index contributed by atoms with van der Waals surface area (Å²) >= 11 is 0. The Morgan fingerprint density at radius 3 is 2.62 bits per heavy atom. The van der Waals surface area contributed by atoms with Crippen LogP contribution in [0.3, 0.4) is 0 Å². The molecule has 2 unspecified atom stereocenters. The molecule has 74 valence electrons. The van der Waals surface area contributed by atoms with Gasteiger partial charge in [-0.1, -0.05) is 6.92 Å². The van der Waals surface area contributed by atoms with Gasteiger partial charge in [-0.05, 0) is 19.9 Å². The third-order valence-electron chi connectivity index (χ3n) is 3.30. The van der Waals surface area contributed by atoms with Crippen LogP contribution in [0, 0.1) is 0 Å². The number of hydrogen-bond donors (Lipinski definition) is 0. The number of carbonyl (C=O) groups excluding carboxylic acids is 1. The first-order valence-electron chi connectivity index (χ1n) is 5.22. The van der Waals surface area contributed by atoms with Gasteiger partial charge in [-0.25, -0.2) is 0 Å². The maximum atomic E-state index is 11.6. The zero-order chi connectivity index (χ0) is 9.42. The molecule has 2 heterocycles. The molecule has 1 amide bonds. The van der Waals surface area contributed by atoms with Crippen LogP contribution >= 0.6 is 0 Å². The van der Waals surface area contributed by atoms with Gasteiger partial charge in [-0.3, -0.25) is 9.69 Å². The zero-order valence-corrected chi connectivity index (χ0v) is 8.49. The summed E-state index contributed by atoms with van der Waals surface area (Å²) in [6.07, 6.45) is 2.90. The molecule has 0 spiro atoms. The van der Waals surface area contributed by atoms with E-state index in [9.17, 15) is 4.79 Å². The average molecular weight is 182 g/mol. The van der Waals surface area contributed by atoms with Crippen molar-refractivity contribution in [3.05, 3.63) is 0 Å². The minimum absolute atomic E-state index is 0.364. The number of nitrogens with zero attached hydrogens (tertiary/aromatic N) is 2. The Hall–Kier alpha value is -0.570. The molecule has 3 nitrogen and oxygen atoms in total. The lowest BCUT2D eigenvalue weighted by atomic mass is 10.2. The summed E-state index contributed by atoms with van der Waals surface area (Å²) in [5, 5.41) is 0. The normalized spacial score (nSPS) is 32.9. The van der Waals surface area contributed by atoms with Crippen molar-refractivity contribution in [2.45, 2.75) is 38.3 Å². The molecule has 0 aromatic carbocycles. The van der Waals surface area contributed by atoms with Crippen LogP contribution in [-0.2, 0) is 4.79 Å². The first-order valence-corrected chi connectivity index (χ1v) is 5.22. The molecule has 3 heteroatoms. The van der Waals surface area contributed by atoms with Crippen LogP contribution in [0.2, 0.25) is 0 Å². The van der Waals surface area contributed by atoms with Gasteiger partial charge in [0.05, 0.1) is 0 Å². The van der Waals surface area contributed by atoms with Crippen molar-refractivity contribution in [3.63, 3.8) is 0 Å². The largest absolute Gasteiger partial charge is 0.337 e. The molecular weight excluding hydrogens is 164 g/mol. The molecule has 0 aromatic heterocycles. The highest BCUT2D eigenvalue weighted by atomic mass is 16.2. The molecule has 2 bridgehead atoms. The van der Waals surface area contributed by atoms with Gasteiger partial charge < -0.3 is 4.90 Å². The number of piperazine rings is 1. The van der Waals surface area contributed by atoms with Gasteiger partial charge in [-0.15, -0.1) is 0 Å². The second-order valence-electron chi connectivity index (χ2n) is 4.28. The van der Waals surface area contributed by atoms with E-state index < -0.39 is 0 Å². The van der Waals surface area contributed by atoms with Crippen LogP contribution in [0.1, 0.15) is 26.2 Å². The predicted octanol–water partition coefficient (Wildman–Crippen LogP) is 0.701. The van der Waals surface area contributed by atoms with E-state index in [1.807, 2.05) is 0 Å². The number of likely N-dealkylation sites (N-methyl/N-ethyl adjacent to an activating group) is 1. The van der Waals surface area contributed by atoms with Crippen LogP contribution < -0.4 is 0 Å². The summed E-state index contributed by atoms with van der Waals surface area (Å²) in [7, 11) is 2.16. The third kappa shape index (κ3) is 1.46. The van der Waals surface area contributed by atoms with Crippen LogP contribution in [0.4, 0.5) is 0 Å². The summed E-state index contributed by atoms with van der Waals surface area (Å²) in [4.78, 5) is 16.1. The topological polar surface area (TPSA) is 23.6 Å². The molecule has 0 saturated carbocycles. The van der Waals surface area contributed by atoms with E-state index in [2.05, 4.69) is 23.8 Å². The van der Waals surface area contributed by atoms with Gasteiger partial charge in [0.15, 0.2) is 0 Å². The lowest BCUT2D eigenvalue weighted by molar-refractivity contribution is -0.133. The van der Waals surface area contributed by atoms with E-state index in [4.69, 9.17) is 0 Å². The number of fused-ring (bicyclic) bond motifs is 2. The fourth-order valence-electron chi connectivity index (χ4n) is 2.53. The number of rotatable bonds is 2. The summed E-state index contributed by atoms with van der Waals surface area (Å²) in [6, 6.07) is 1.17. The molecule has 2 rings (SSSR count). The number of likely N-dealkylation sites (tertiary alicyclic amines) is 2. The van der Waals surface area contributed by atoms with Gasteiger partial charge in [-0.2, -0.15) is 0 Å². The van der Waals surface area contributed by atoms with Crippen molar-refractivity contribution in [2.24, 2.45) is 0 Å². The second kappa shape index (κ2) is 3.29. The first kappa shape index (κ1) is 9.00. The molecule has 2 aliphatic rings. The highest BCUT2D eigenvalue weighted by Crippen LogP contribution is 2.29. The molecule has 0 N–H and O–H groups in total. The van der Waals surface area contributed by atoms with Crippen LogP contribution in [-0.4, -0.2) is 47.9 Å². The molecule has 2 aliphatic heterocycles. The Kier molecular flexibility index (Phi) is 2.28. The van der Waals surface area contributed by atoms with Crippen molar-refractivity contribution in [1.82, 2.24) is 9.80 Å². The summed E-state index contributed by atoms with van der Waals surface area (Å²) in [5.74, 6) is 0.364. The monoisotopic (exact) mass is 182 g/mol. The Morgan fingerprint density at radius 2 is 2.15 bits per heavy atom. The van der Waals surface area contributed by atoms with Crippen LogP contribution in [0.25, 0.3) is 0 Å². The summed E-state index contributed by atoms with van der Waals surface area (Å²) < 4.78 is 0. The lowest BCUT2D eigenvalue weighted by Crippen LogP contribution is -2.47. The number of carbonyl (C=O) groups is 1. The Morgan fingerprint density at radius 1 is 1.38 bits per heavy atom. The average Bonchev–Trinajstić information content (AvgIpc) is 2.62. The Bertz CT molecular complexity index is 215. The van der Waals surface area contributed by atoms with Gasteiger partial charge >= 0.3 is 0 Å². The molecule has 0 radical (unpaired) electrons. The molecule has 2 saturated heterocycles. The highest BCUT2D eigenvalue weighted by Gasteiger charge is 2.42. The van der Waals surface area contributed by atoms with Gasteiger partial charge in [0, 0.05) is 31.6 Å². The smallest absolute Gasteiger partial charge is 0.222 e. The number of amides is 1. The minimum atomic E-state index is 0.364. The van der Waals surface area contributed by atoms with Crippen molar-refractivity contribution in [1.29, 1.82) is 0 Å². The van der Waals surface area contributed by atoms with Crippen molar-refractivity contribution >= 4 is 5.91 Å². The first-order chi connectivity index (χ1) is 6.22. The number of hydrogen-bond acceptors (Lipinski definition) is 2. The standard InChI is InChI=1S/C10H18N2O/c1-3-4-10(13)12-7-8-5-9(12)6-11(8)2/h8-9H,3-7H2,1-2H3. The van der Waals surface area contributed by atoms with Gasteiger partial charge in [0.2, 0.25) is 5.91 Å². The minimum Gasteiger partial charge on any atom is -0.337 e. The van der Waals surface area contributed by atoms with Crippen molar-refractivity contribution in [3.8, 4) is 0 Å². The van der Waals surface area contributed by atoms with E-state index in [0.29, 0.717) is 18.0 Å². The molecule has 2 fully saturated rings. The quantitative estimate of drug-likeness (QED) is 0.627. The van der Waals surface area contributed by atoms with E-state index in [-0.39, 0.29) is 0 Å². The molecule has 0 aliphatic carbocycles. The molecular formula is C10H18N2O. The Labute approximate surface area is 79.7 Å². The fraction of sp³-hybridized carbons (Fsp3) is 0.900. The lowest BCUT2D eigenvalue weighted by Gasteiger charge is -2.31. The van der Waals surface area contributed by atoms with Crippen molar-refractivity contribution in [2.75, 3.05) is 20.1 Å².